The minimum atomic E-state index is -5.09. The van der Waals surface area contributed by atoms with Crippen molar-refractivity contribution in [3.05, 3.63) is 65.7 Å². The molecule has 1 aliphatic heterocycles. The third kappa shape index (κ3) is 6.94. The molecule has 2 N–H and O–H groups in total. The molecule has 2 aromatic rings. The number of ether oxygens (including phenoxy) is 1. The van der Waals surface area contributed by atoms with Crippen LogP contribution in [-0.4, -0.2) is 55.2 Å². The van der Waals surface area contributed by atoms with Gasteiger partial charge in [-0.15, -0.1) is 0 Å². The number of hydrogen-bond acceptors (Lipinski definition) is 4. The summed E-state index contributed by atoms with van der Waals surface area (Å²) in [6.07, 6.45) is -5.31. The first-order valence-electron chi connectivity index (χ1n) is 10.2. The van der Waals surface area contributed by atoms with E-state index in [9.17, 15) is 27.6 Å². The van der Waals surface area contributed by atoms with Gasteiger partial charge in [0.25, 0.3) is 0 Å². The Kier molecular flexibility index (Phi) is 7.88. The lowest BCUT2D eigenvalue weighted by atomic mass is 10.1. The maximum Gasteiger partial charge on any atom is 0.472 e. The second-order valence-electron chi connectivity index (χ2n) is 7.30. The van der Waals surface area contributed by atoms with Gasteiger partial charge in [0, 0.05) is 18.8 Å². The van der Waals surface area contributed by atoms with E-state index < -0.39 is 18.0 Å². The van der Waals surface area contributed by atoms with Crippen molar-refractivity contribution < 1.29 is 32.3 Å². The molecule has 1 heterocycles. The third-order valence-electron chi connectivity index (χ3n) is 4.88. The largest absolute Gasteiger partial charge is 0.472 e. The average molecular weight is 464 g/mol. The fourth-order valence-corrected chi connectivity index (χ4v) is 3.17. The summed E-state index contributed by atoms with van der Waals surface area (Å²) in [4.78, 5) is 39.1. The van der Waals surface area contributed by atoms with Crippen molar-refractivity contribution in [1.82, 2.24) is 15.8 Å². The van der Waals surface area contributed by atoms with E-state index in [-0.39, 0.29) is 19.0 Å². The highest BCUT2D eigenvalue weighted by atomic mass is 19.4. The van der Waals surface area contributed by atoms with Crippen molar-refractivity contribution in [2.24, 2.45) is 0 Å². The summed E-state index contributed by atoms with van der Waals surface area (Å²) in [6.45, 7) is 2.25. The first kappa shape index (κ1) is 24.1. The van der Waals surface area contributed by atoms with Crippen LogP contribution in [0, 0.1) is 0 Å². The van der Waals surface area contributed by atoms with Gasteiger partial charge >= 0.3 is 18.1 Å². The normalized spacial score (nSPS) is 13.8. The van der Waals surface area contributed by atoms with Crippen molar-refractivity contribution in [3.8, 4) is 0 Å². The van der Waals surface area contributed by atoms with Gasteiger partial charge in [0.15, 0.2) is 0 Å². The monoisotopic (exact) mass is 464 g/mol. The summed E-state index contributed by atoms with van der Waals surface area (Å²) in [5, 5.41) is 0. The van der Waals surface area contributed by atoms with Crippen molar-refractivity contribution in [3.63, 3.8) is 0 Å². The number of rotatable bonds is 5. The Labute approximate surface area is 188 Å². The minimum absolute atomic E-state index is 0.145. The molecule has 176 valence electrons. The number of benzene rings is 2. The summed E-state index contributed by atoms with van der Waals surface area (Å²) in [5.41, 5.74) is 5.12. The van der Waals surface area contributed by atoms with Crippen LogP contribution in [0.3, 0.4) is 0 Å². The van der Waals surface area contributed by atoms with Crippen LogP contribution < -0.4 is 15.8 Å². The number of morpholine rings is 1. The number of para-hydroxylation sites is 1. The fourth-order valence-electron chi connectivity index (χ4n) is 3.17. The van der Waals surface area contributed by atoms with Gasteiger partial charge in [-0.1, -0.05) is 42.5 Å². The maximum atomic E-state index is 13.1. The van der Waals surface area contributed by atoms with Crippen LogP contribution in [0.1, 0.15) is 11.1 Å². The number of amides is 4. The number of alkyl halides is 3. The molecule has 2 aromatic carbocycles. The van der Waals surface area contributed by atoms with Gasteiger partial charge in [-0.05, 0) is 23.3 Å². The van der Waals surface area contributed by atoms with E-state index in [0.717, 1.165) is 11.3 Å². The van der Waals surface area contributed by atoms with Gasteiger partial charge < -0.3 is 9.64 Å². The van der Waals surface area contributed by atoms with Crippen LogP contribution >= 0.6 is 0 Å². The summed E-state index contributed by atoms with van der Waals surface area (Å²) in [5.74, 6) is -3.05. The highest BCUT2D eigenvalue weighted by molar-refractivity contribution is 5.92. The Morgan fingerprint density at radius 3 is 2.12 bits per heavy atom. The van der Waals surface area contributed by atoms with E-state index >= 15 is 0 Å². The Morgan fingerprint density at radius 2 is 1.52 bits per heavy atom. The molecule has 33 heavy (non-hydrogen) atoms. The number of anilines is 1. The van der Waals surface area contributed by atoms with Gasteiger partial charge in [-0.3, -0.25) is 25.3 Å². The van der Waals surface area contributed by atoms with Gasteiger partial charge in [0.1, 0.15) is 0 Å². The lowest BCUT2D eigenvalue weighted by Crippen LogP contribution is -2.48. The molecule has 0 aromatic heterocycles. The molecule has 0 saturated carbocycles. The third-order valence-corrected chi connectivity index (χ3v) is 4.88. The molecule has 0 bridgehead atoms. The van der Waals surface area contributed by atoms with Gasteiger partial charge in [0.05, 0.1) is 26.2 Å². The molecule has 3 rings (SSSR count). The molecule has 8 nitrogen and oxygen atoms in total. The summed E-state index contributed by atoms with van der Waals surface area (Å²) in [6, 6.07) is 15.8. The quantitative estimate of drug-likeness (QED) is 0.665. The number of nitrogens with zero attached hydrogens (tertiary/aromatic N) is 2. The molecule has 0 aliphatic carbocycles. The Bertz CT molecular complexity index is 962. The number of hydrazine groups is 1. The standard InChI is InChI=1S/C22H23F3N4O4/c23-22(24,25)20(31)27-26-19(30)14-16-6-8-17(9-7-16)15-29(18-4-2-1-3-5-18)21(32)28-10-12-33-13-11-28/h1-9H,10-15H2,(H,26,30)(H,27,31). The number of halogens is 3. The summed E-state index contributed by atoms with van der Waals surface area (Å²) in [7, 11) is 0. The van der Waals surface area contributed by atoms with Gasteiger partial charge in [-0.2, -0.15) is 13.2 Å². The predicted octanol–water partition coefficient (Wildman–Crippen LogP) is 2.40. The lowest BCUT2D eigenvalue weighted by Gasteiger charge is -2.33. The zero-order valence-corrected chi connectivity index (χ0v) is 17.6. The number of nitrogens with one attached hydrogen (secondary N) is 2. The fraction of sp³-hybridized carbons (Fsp3) is 0.318. The number of hydrogen-bond donors (Lipinski definition) is 2. The molecule has 1 aliphatic rings. The molecule has 1 saturated heterocycles. The Hall–Kier alpha value is -3.60. The van der Waals surface area contributed by atoms with Crippen molar-refractivity contribution in [2.45, 2.75) is 19.1 Å². The lowest BCUT2D eigenvalue weighted by molar-refractivity contribution is -0.175. The molecule has 0 atom stereocenters. The summed E-state index contributed by atoms with van der Waals surface area (Å²) >= 11 is 0. The van der Waals surface area contributed by atoms with E-state index in [1.54, 1.807) is 39.5 Å². The zero-order chi connectivity index (χ0) is 23.8. The van der Waals surface area contributed by atoms with Gasteiger partial charge in [-0.25, -0.2) is 4.79 Å². The number of urea groups is 1. The van der Waals surface area contributed by atoms with Crippen molar-refractivity contribution in [2.75, 3.05) is 31.2 Å². The molecule has 11 heteroatoms. The zero-order valence-electron chi connectivity index (χ0n) is 17.6. The second kappa shape index (κ2) is 10.8. The minimum Gasteiger partial charge on any atom is -0.378 e. The van der Waals surface area contributed by atoms with Crippen LogP contribution in [0.4, 0.5) is 23.7 Å². The maximum absolute atomic E-state index is 13.1. The molecule has 4 amide bonds. The van der Waals surface area contributed by atoms with Crippen LogP contribution in [0.25, 0.3) is 0 Å². The van der Waals surface area contributed by atoms with Gasteiger partial charge in [0.2, 0.25) is 5.91 Å². The van der Waals surface area contributed by atoms with Crippen LogP contribution in [0.2, 0.25) is 0 Å². The summed E-state index contributed by atoms with van der Waals surface area (Å²) < 4.78 is 41.8. The second-order valence-corrected chi connectivity index (χ2v) is 7.30. The van der Waals surface area contributed by atoms with E-state index in [0.29, 0.717) is 31.9 Å². The molecule has 0 spiro atoms. The smallest absolute Gasteiger partial charge is 0.378 e. The van der Waals surface area contributed by atoms with E-state index in [1.165, 1.54) is 5.43 Å². The Balaban J connectivity index is 1.63. The van der Waals surface area contributed by atoms with Crippen molar-refractivity contribution in [1.29, 1.82) is 0 Å². The molecule has 1 fully saturated rings. The Morgan fingerprint density at radius 1 is 0.909 bits per heavy atom. The average Bonchev–Trinajstić information content (AvgIpc) is 2.82. The molecule has 0 radical (unpaired) electrons. The highest BCUT2D eigenvalue weighted by Gasteiger charge is 2.38. The van der Waals surface area contributed by atoms with Crippen LogP contribution in [-0.2, 0) is 27.3 Å². The molecular weight excluding hydrogens is 441 g/mol. The number of carbonyl (C=O) groups is 3. The van der Waals surface area contributed by atoms with Crippen LogP contribution in [0.5, 0.6) is 0 Å². The molecular formula is C22H23F3N4O4. The molecule has 0 unspecified atom stereocenters. The van der Waals surface area contributed by atoms with Crippen LogP contribution in [0.15, 0.2) is 54.6 Å². The van der Waals surface area contributed by atoms with E-state index in [1.807, 2.05) is 30.3 Å². The SMILES string of the molecule is O=C(Cc1ccc(CN(C(=O)N2CCOCC2)c2ccccc2)cc1)NNC(=O)C(F)(F)F. The van der Waals surface area contributed by atoms with Crippen molar-refractivity contribution >= 4 is 23.5 Å². The number of carbonyl (C=O) groups excluding carboxylic acids is 3. The highest BCUT2D eigenvalue weighted by Crippen LogP contribution is 2.20. The van der Waals surface area contributed by atoms with E-state index in [2.05, 4.69) is 0 Å². The first-order valence-corrected chi connectivity index (χ1v) is 10.2. The topological polar surface area (TPSA) is 91.0 Å². The van der Waals surface area contributed by atoms with E-state index in [4.69, 9.17) is 4.74 Å². The first-order chi connectivity index (χ1) is 15.7. The predicted molar refractivity (Wildman–Crippen MR) is 113 cm³/mol.